The molecule has 0 aromatic heterocycles. The van der Waals surface area contributed by atoms with E-state index in [9.17, 15) is 4.79 Å². The van der Waals surface area contributed by atoms with E-state index in [2.05, 4.69) is 19.2 Å². The van der Waals surface area contributed by atoms with Crippen molar-refractivity contribution in [1.29, 1.82) is 0 Å². The summed E-state index contributed by atoms with van der Waals surface area (Å²) in [4.78, 5) is 11.3. The van der Waals surface area contributed by atoms with E-state index >= 15 is 0 Å². The van der Waals surface area contributed by atoms with Crippen LogP contribution in [-0.2, 0) is 4.79 Å². The maximum atomic E-state index is 11.3. The van der Waals surface area contributed by atoms with Crippen LogP contribution in [0.25, 0.3) is 0 Å². The smallest absolute Gasteiger partial charge is 0.237 e. The van der Waals surface area contributed by atoms with Crippen molar-refractivity contribution in [1.82, 2.24) is 5.32 Å². The maximum absolute atomic E-state index is 11.3. The Morgan fingerprint density at radius 2 is 1.75 bits per heavy atom. The van der Waals surface area contributed by atoms with Crippen LogP contribution in [0.5, 0.6) is 0 Å². The quantitative estimate of drug-likeness (QED) is 0.650. The fourth-order valence-electron chi connectivity index (χ4n) is 0.986. The van der Waals surface area contributed by atoms with E-state index in [0.29, 0.717) is 6.42 Å². The van der Waals surface area contributed by atoms with Gasteiger partial charge in [-0.1, -0.05) is 20.8 Å². The molecule has 3 nitrogen and oxygen atoms in total. The molecule has 0 aromatic carbocycles. The number of carbonyl (C=O) groups is 1. The largest absolute Gasteiger partial charge is 0.352 e. The minimum absolute atomic E-state index is 0.0220. The van der Waals surface area contributed by atoms with Gasteiger partial charge in [-0.25, -0.2) is 0 Å². The van der Waals surface area contributed by atoms with Crippen LogP contribution >= 0.6 is 0 Å². The SMILES string of the molecule is CCC(CC)NC(=O)[C@@H](N)CC. The van der Waals surface area contributed by atoms with Crippen molar-refractivity contribution < 1.29 is 4.79 Å². The molecule has 3 heteroatoms. The van der Waals surface area contributed by atoms with Gasteiger partial charge >= 0.3 is 0 Å². The second-order valence-electron chi connectivity index (χ2n) is 3.04. The Bertz CT molecular complexity index is 132. The van der Waals surface area contributed by atoms with Crippen LogP contribution < -0.4 is 11.1 Å². The third-order valence-electron chi connectivity index (χ3n) is 2.11. The van der Waals surface area contributed by atoms with Crippen LogP contribution in [0.1, 0.15) is 40.0 Å². The lowest BCUT2D eigenvalue weighted by atomic mass is 10.1. The molecule has 1 atom stereocenters. The summed E-state index contributed by atoms with van der Waals surface area (Å²) in [5, 5.41) is 2.90. The van der Waals surface area contributed by atoms with Crippen LogP contribution in [0.4, 0.5) is 0 Å². The molecule has 0 radical (unpaired) electrons. The molecule has 72 valence electrons. The van der Waals surface area contributed by atoms with E-state index in [1.807, 2.05) is 6.92 Å². The van der Waals surface area contributed by atoms with Gasteiger partial charge in [0.15, 0.2) is 0 Å². The van der Waals surface area contributed by atoms with E-state index in [1.165, 1.54) is 0 Å². The lowest BCUT2D eigenvalue weighted by Crippen LogP contribution is -2.44. The molecule has 0 saturated carbocycles. The predicted octanol–water partition coefficient (Wildman–Crippen LogP) is 1.03. The number of hydrogen-bond donors (Lipinski definition) is 2. The average molecular weight is 172 g/mol. The zero-order valence-corrected chi connectivity index (χ0v) is 8.26. The molecule has 0 bridgehead atoms. The standard InChI is InChI=1S/C9H20N2O/c1-4-7(5-2)11-9(12)8(10)6-3/h7-8H,4-6,10H2,1-3H3,(H,11,12)/t8-/m0/s1. The van der Waals surface area contributed by atoms with Crippen molar-refractivity contribution >= 4 is 5.91 Å². The first kappa shape index (κ1) is 11.4. The molecular formula is C9H20N2O. The number of amides is 1. The molecule has 1 amide bonds. The van der Waals surface area contributed by atoms with Crippen molar-refractivity contribution in [2.24, 2.45) is 5.73 Å². The summed E-state index contributed by atoms with van der Waals surface area (Å²) >= 11 is 0. The molecule has 0 saturated heterocycles. The van der Waals surface area contributed by atoms with Gasteiger partial charge in [0.05, 0.1) is 6.04 Å². The van der Waals surface area contributed by atoms with Gasteiger partial charge < -0.3 is 11.1 Å². The summed E-state index contributed by atoms with van der Waals surface area (Å²) in [5.74, 6) is -0.0220. The third-order valence-corrected chi connectivity index (χ3v) is 2.11. The van der Waals surface area contributed by atoms with Gasteiger partial charge in [0.1, 0.15) is 0 Å². The molecule has 0 aliphatic rings. The lowest BCUT2D eigenvalue weighted by Gasteiger charge is -2.17. The Hall–Kier alpha value is -0.570. The normalized spacial score (nSPS) is 13.1. The summed E-state index contributed by atoms with van der Waals surface area (Å²) in [7, 11) is 0. The molecule has 0 spiro atoms. The summed E-state index contributed by atoms with van der Waals surface area (Å²) in [5.41, 5.74) is 5.56. The van der Waals surface area contributed by atoms with Crippen LogP contribution in [0.2, 0.25) is 0 Å². The Labute approximate surface area is 74.7 Å². The number of rotatable bonds is 5. The second kappa shape index (κ2) is 6.00. The topological polar surface area (TPSA) is 55.1 Å². The van der Waals surface area contributed by atoms with Gasteiger partial charge in [-0.3, -0.25) is 4.79 Å². The zero-order valence-electron chi connectivity index (χ0n) is 8.26. The highest BCUT2D eigenvalue weighted by atomic mass is 16.2. The van der Waals surface area contributed by atoms with Gasteiger partial charge in [-0.2, -0.15) is 0 Å². The molecule has 0 aromatic rings. The third kappa shape index (κ3) is 3.72. The van der Waals surface area contributed by atoms with Gasteiger partial charge in [-0.15, -0.1) is 0 Å². The molecule has 12 heavy (non-hydrogen) atoms. The number of nitrogens with two attached hydrogens (primary N) is 1. The predicted molar refractivity (Wildman–Crippen MR) is 50.8 cm³/mol. The van der Waals surface area contributed by atoms with Crippen molar-refractivity contribution in [2.75, 3.05) is 0 Å². The Morgan fingerprint density at radius 3 is 2.08 bits per heavy atom. The van der Waals surface area contributed by atoms with E-state index in [4.69, 9.17) is 5.73 Å². The number of nitrogens with one attached hydrogen (secondary N) is 1. The van der Waals surface area contributed by atoms with Crippen molar-refractivity contribution in [3.8, 4) is 0 Å². The van der Waals surface area contributed by atoms with Crippen LogP contribution in [-0.4, -0.2) is 18.0 Å². The van der Waals surface area contributed by atoms with Gasteiger partial charge in [0, 0.05) is 6.04 Å². The first-order valence-electron chi connectivity index (χ1n) is 4.71. The van der Waals surface area contributed by atoms with Crippen LogP contribution in [0, 0.1) is 0 Å². The summed E-state index contributed by atoms with van der Waals surface area (Å²) < 4.78 is 0. The van der Waals surface area contributed by atoms with Crippen LogP contribution in [0.3, 0.4) is 0 Å². The lowest BCUT2D eigenvalue weighted by molar-refractivity contribution is -0.123. The van der Waals surface area contributed by atoms with Gasteiger partial charge in [0.25, 0.3) is 0 Å². The summed E-state index contributed by atoms with van der Waals surface area (Å²) in [6.07, 6.45) is 2.64. The van der Waals surface area contributed by atoms with Crippen LogP contribution in [0.15, 0.2) is 0 Å². The average Bonchev–Trinajstić information content (AvgIpc) is 2.12. The molecule has 0 unspecified atom stereocenters. The second-order valence-corrected chi connectivity index (χ2v) is 3.04. The van der Waals surface area contributed by atoms with E-state index < -0.39 is 0 Å². The van der Waals surface area contributed by atoms with Crippen molar-refractivity contribution in [2.45, 2.75) is 52.1 Å². The number of hydrogen-bond acceptors (Lipinski definition) is 2. The highest BCUT2D eigenvalue weighted by Crippen LogP contribution is 1.97. The van der Waals surface area contributed by atoms with E-state index in [-0.39, 0.29) is 18.0 Å². The molecule has 0 fully saturated rings. The zero-order chi connectivity index (χ0) is 9.56. The Morgan fingerprint density at radius 1 is 1.25 bits per heavy atom. The molecule has 0 aliphatic carbocycles. The first-order chi connectivity index (χ1) is 5.65. The van der Waals surface area contributed by atoms with E-state index in [0.717, 1.165) is 12.8 Å². The summed E-state index contributed by atoms with van der Waals surface area (Å²) in [6.45, 7) is 6.04. The molecule has 0 rings (SSSR count). The Kier molecular flexibility index (Phi) is 5.72. The molecule has 0 aliphatic heterocycles. The monoisotopic (exact) mass is 172 g/mol. The van der Waals surface area contributed by atoms with Gasteiger partial charge in [-0.05, 0) is 19.3 Å². The fraction of sp³-hybridized carbons (Fsp3) is 0.889. The molecule has 3 N–H and O–H groups in total. The maximum Gasteiger partial charge on any atom is 0.237 e. The molecular weight excluding hydrogens is 152 g/mol. The van der Waals surface area contributed by atoms with Crippen molar-refractivity contribution in [3.05, 3.63) is 0 Å². The first-order valence-corrected chi connectivity index (χ1v) is 4.71. The Balaban J connectivity index is 3.81. The highest BCUT2D eigenvalue weighted by molar-refractivity contribution is 5.81. The van der Waals surface area contributed by atoms with E-state index in [1.54, 1.807) is 0 Å². The van der Waals surface area contributed by atoms with Crippen molar-refractivity contribution in [3.63, 3.8) is 0 Å². The number of carbonyl (C=O) groups excluding carboxylic acids is 1. The minimum Gasteiger partial charge on any atom is -0.352 e. The van der Waals surface area contributed by atoms with Gasteiger partial charge in [0.2, 0.25) is 5.91 Å². The fourth-order valence-corrected chi connectivity index (χ4v) is 0.986. The highest BCUT2D eigenvalue weighted by Gasteiger charge is 2.13. The molecule has 0 heterocycles. The summed E-state index contributed by atoms with van der Waals surface area (Å²) in [6, 6.07) is -0.0549. The minimum atomic E-state index is -0.342.